The third kappa shape index (κ3) is 5.82. The van der Waals surface area contributed by atoms with Gasteiger partial charge in [-0.3, -0.25) is 0 Å². The van der Waals surface area contributed by atoms with Gasteiger partial charge < -0.3 is 19.7 Å². The molecule has 16 heavy (non-hydrogen) atoms. The quantitative estimate of drug-likeness (QED) is 0.636. The van der Waals surface area contributed by atoms with E-state index >= 15 is 0 Å². The van der Waals surface area contributed by atoms with Gasteiger partial charge in [-0.05, 0) is 5.56 Å². The van der Waals surface area contributed by atoms with Gasteiger partial charge in [0.05, 0.1) is 33.0 Å². The molecule has 0 saturated heterocycles. The normalized spacial score (nSPS) is 12.6. The van der Waals surface area contributed by atoms with Crippen LogP contribution in [0.3, 0.4) is 0 Å². The molecule has 0 aliphatic heterocycles. The third-order valence-electron chi connectivity index (χ3n) is 1.97. The number of hydrogen-bond acceptors (Lipinski definition) is 4. The van der Waals surface area contributed by atoms with Crippen molar-refractivity contribution in [3.63, 3.8) is 0 Å². The molecule has 0 saturated carbocycles. The molecule has 4 heteroatoms. The number of aliphatic hydroxyl groups is 2. The molecular weight excluding hydrogens is 208 g/mol. The van der Waals surface area contributed by atoms with Gasteiger partial charge in [0, 0.05) is 0 Å². The summed E-state index contributed by atoms with van der Waals surface area (Å²) >= 11 is 0. The zero-order chi connectivity index (χ0) is 11.6. The smallest absolute Gasteiger partial charge is 0.101 e. The van der Waals surface area contributed by atoms with Crippen molar-refractivity contribution in [3.05, 3.63) is 35.9 Å². The Morgan fingerprint density at radius 1 is 1.06 bits per heavy atom. The number of rotatable bonds is 8. The Morgan fingerprint density at radius 3 is 2.44 bits per heavy atom. The van der Waals surface area contributed by atoms with E-state index in [4.69, 9.17) is 14.6 Å². The standard InChI is InChI=1S/C12H18O4/c13-6-7-15-9-12(14)10-16-8-11-4-2-1-3-5-11/h1-5,12-14H,6-10H2. The molecule has 0 radical (unpaired) electrons. The fourth-order valence-corrected chi connectivity index (χ4v) is 1.22. The van der Waals surface area contributed by atoms with E-state index in [1.165, 1.54) is 0 Å². The highest BCUT2D eigenvalue weighted by Crippen LogP contribution is 2.01. The lowest BCUT2D eigenvalue weighted by Crippen LogP contribution is -2.22. The van der Waals surface area contributed by atoms with Crippen molar-refractivity contribution in [2.75, 3.05) is 26.4 Å². The van der Waals surface area contributed by atoms with Crippen LogP contribution in [0.2, 0.25) is 0 Å². The molecule has 1 aromatic carbocycles. The van der Waals surface area contributed by atoms with Crippen LogP contribution in [0.25, 0.3) is 0 Å². The van der Waals surface area contributed by atoms with Gasteiger partial charge in [-0.2, -0.15) is 0 Å². The van der Waals surface area contributed by atoms with Crippen LogP contribution in [0.4, 0.5) is 0 Å². The monoisotopic (exact) mass is 226 g/mol. The van der Waals surface area contributed by atoms with Crippen LogP contribution >= 0.6 is 0 Å². The van der Waals surface area contributed by atoms with Crippen LogP contribution in [-0.4, -0.2) is 42.7 Å². The van der Waals surface area contributed by atoms with Gasteiger partial charge in [0.15, 0.2) is 0 Å². The molecule has 0 aliphatic rings. The second-order valence-electron chi connectivity index (χ2n) is 3.45. The van der Waals surface area contributed by atoms with Crippen LogP contribution in [0.1, 0.15) is 5.56 Å². The Morgan fingerprint density at radius 2 is 1.75 bits per heavy atom. The van der Waals surface area contributed by atoms with Crippen molar-refractivity contribution in [1.29, 1.82) is 0 Å². The van der Waals surface area contributed by atoms with Crippen molar-refractivity contribution in [1.82, 2.24) is 0 Å². The van der Waals surface area contributed by atoms with Gasteiger partial charge in [0.1, 0.15) is 6.10 Å². The van der Waals surface area contributed by atoms with E-state index in [0.717, 1.165) is 5.56 Å². The first-order valence-electron chi connectivity index (χ1n) is 5.31. The molecule has 0 heterocycles. The molecule has 0 fully saturated rings. The highest BCUT2D eigenvalue weighted by atomic mass is 16.5. The molecule has 0 aliphatic carbocycles. The van der Waals surface area contributed by atoms with Gasteiger partial charge >= 0.3 is 0 Å². The first-order valence-corrected chi connectivity index (χ1v) is 5.31. The molecule has 4 nitrogen and oxygen atoms in total. The van der Waals surface area contributed by atoms with Crippen LogP contribution in [-0.2, 0) is 16.1 Å². The van der Waals surface area contributed by atoms with Crippen LogP contribution in [0, 0.1) is 0 Å². The predicted octanol–water partition coefficient (Wildman–Crippen LogP) is 0.573. The number of ether oxygens (including phenoxy) is 2. The Hall–Kier alpha value is -0.940. The maximum atomic E-state index is 9.42. The first-order chi connectivity index (χ1) is 7.83. The van der Waals surface area contributed by atoms with Crippen molar-refractivity contribution in [3.8, 4) is 0 Å². The molecule has 0 bridgehead atoms. The van der Waals surface area contributed by atoms with E-state index in [2.05, 4.69) is 0 Å². The predicted molar refractivity (Wildman–Crippen MR) is 60.0 cm³/mol. The Bertz CT molecular complexity index is 263. The van der Waals surface area contributed by atoms with Gasteiger partial charge in [0.25, 0.3) is 0 Å². The zero-order valence-corrected chi connectivity index (χ0v) is 9.21. The first kappa shape index (κ1) is 13.1. The van der Waals surface area contributed by atoms with Crippen molar-refractivity contribution >= 4 is 0 Å². The van der Waals surface area contributed by atoms with E-state index in [-0.39, 0.29) is 26.4 Å². The van der Waals surface area contributed by atoms with Crippen molar-refractivity contribution in [2.45, 2.75) is 12.7 Å². The summed E-state index contributed by atoms with van der Waals surface area (Å²) < 4.78 is 10.3. The topological polar surface area (TPSA) is 58.9 Å². The minimum Gasteiger partial charge on any atom is -0.394 e. The Balaban J connectivity index is 2.06. The number of hydrogen-bond donors (Lipinski definition) is 2. The molecule has 0 aromatic heterocycles. The molecular formula is C12H18O4. The van der Waals surface area contributed by atoms with Gasteiger partial charge in [-0.15, -0.1) is 0 Å². The van der Waals surface area contributed by atoms with Gasteiger partial charge in [-0.1, -0.05) is 30.3 Å². The Labute approximate surface area is 95.4 Å². The second-order valence-corrected chi connectivity index (χ2v) is 3.45. The van der Waals surface area contributed by atoms with Crippen LogP contribution in [0.15, 0.2) is 30.3 Å². The summed E-state index contributed by atoms with van der Waals surface area (Å²) in [7, 11) is 0. The van der Waals surface area contributed by atoms with Gasteiger partial charge in [0.2, 0.25) is 0 Å². The molecule has 1 aromatic rings. The largest absolute Gasteiger partial charge is 0.394 e. The van der Waals surface area contributed by atoms with E-state index in [1.807, 2.05) is 30.3 Å². The molecule has 1 unspecified atom stereocenters. The summed E-state index contributed by atoms with van der Waals surface area (Å²) in [6.07, 6.45) is -0.643. The summed E-state index contributed by atoms with van der Waals surface area (Å²) in [5.41, 5.74) is 1.07. The summed E-state index contributed by atoms with van der Waals surface area (Å²) in [5.74, 6) is 0. The molecule has 0 spiro atoms. The number of benzene rings is 1. The van der Waals surface area contributed by atoms with Crippen LogP contribution in [0.5, 0.6) is 0 Å². The maximum absolute atomic E-state index is 9.42. The minimum absolute atomic E-state index is 0.0302. The van der Waals surface area contributed by atoms with E-state index in [9.17, 15) is 5.11 Å². The van der Waals surface area contributed by atoms with E-state index in [0.29, 0.717) is 6.61 Å². The maximum Gasteiger partial charge on any atom is 0.101 e. The van der Waals surface area contributed by atoms with Crippen molar-refractivity contribution in [2.24, 2.45) is 0 Å². The summed E-state index contributed by atoms with van der Waals surface area (Å²) in [4.78, 5) is 0. The zero-order valence-electron chi connectivity index (χ0n) is 9.21. The molecule has 1 rings (SSSR count). The Kier molecular flexibility index (Phi) is 6.76. The van der Waals surface area contributed by atoms with Crippen LogP contribution < -0.4 is 0 Å². The third-order valence-corrected chi connectivity index (χ3v) is 1.97. The molecule has 2 N–H and O–H groups in total. The number of aliphatic hydroxyl groups excluding tert-OH is 2. The highest BCUT2D eigenvalue weighted by Gasteiger charge is 2.04. The minimum atomic E-state index is -0.643. The summed E-state index contributed by atoms with van der Waals surface area (Å²) in [5, 5.41) is 17.9. The van der Waals surface area contributed by atoms with Crippen molar-refractivity contribution < 1.29 is 19.7 Å². The average molecular weight is 226 g/mol. The van der Waals surface area contributed by atoms with E-state index < -0.39 is 6.10 Å². The fraction of sp³-hybridized carbons (Fsp3) is 0.500. The molecule has 1 atom stereocenters. The molecule has 90 valence electrons. The lowest BCUT2D eigenvalue weighted by atomic mass is 10.2. The second kappa shape index (κ2) is 8.24. The average Bonchev–Trinajstić information content (AvgIpc) is 2.31. The lowest BCUT2D eigenvalue weighted by Gasteiger charge is -2.11. The van der Waals surface area contributed by atoms with E-state index in [1.54, 1.807) is 0 Å². The van der Waals surface area contributed by atoms with Gasteiger partial charge in [-0.25, -0.2) is 0 Å². The SMILES string of the molecule is OCCOCC(O)COCc1ccccc1. The summed E-state index contributed by atoms with van der Waals surface area (Å²) in [6.45, 7) is 1.13. The highest BCUT2D eigenvalue weighted by molar-refractivity contribution is 5.13. The lowest BCUT2D eigenvalue weighted by molar-refractivity contribution is -0.0291. The summed E-state index contributed by atoms with van der Waals surface area (Å²) in [6, 6.07) is 9.77. The fourth-order valence-electron chi connectivity index (χ4n) is 1.22. The molecule has 0 amide bonds.